The summed E-state index contributed by atoms with van der Waals surface area (Å²) in [5.74, 6) is 1.52. The van der Waals surface area contributed by atoms with Crippen LogP contribution >= 0.6 is 0 Å². The maximum absolute atomic E-state index is 13.4. The minimum Gasteiger partial charge on any atom is -0.493 e. The molecule has 2 aromatic carbocycles. The van der Waals surface area contributed by atoms with E-state index in [9.17, 15) is 9.59 Å². The highest BCUT2D eigenvalue weighted by Gasteiger charge is 2.28. The first kappa shape index (κ1) is 23.3. The van der Waals surface area contributed by atoms with Crippen LogP contribution in [0.15, 0.2) is 42.5 Å². The van der Waals surface area contributed by atoms with Gasteiger partial charge in [-0.15, -0.1) is 0 Å². The lowest BCUT2D eigenvalue weighted by Crippen LogP contribution is -2.45. The van der Waals surface area contributed by atoms with Gasteiger partial charge in [-0.05, 0) is 55.0 Å². The number of hydrogen-bond acceptors (Lipinski definition) is 4. The van der Waals surface area contributed by atoms with Gasteiger partial charge in [0.05, 0.1) is 19.6 Å². The number of ether oxygens (including phenoxy) is 2. The number of piperidine rings is 1. The number of hydrogen-bond donors (Lipinski definition) is 2. The van der Waals surface area contributed by atoms with Crippen molar-refractivity contribution >= 4 is 22.7 Å². The number of nitrogens with one attached hydrogen (secondary N) is 2. The van der Waals surface area contributed by atoms with E-state index in [1.165, 1.54) is 10.9 Å². The third-order valence-electron chi connectivity index (χ3n) is 7.15. The number of carbonyl (C=O) groups is 2. The molecule has 1 fully saturated rings. The van der Waals surface area contributed by atoms with Crippen molar-refractivity contribution in [2.45, 2.75) is 38.5 Å². The van der Waals surface area contributed by atoms with Gasteiger partial charge in [0.1, 0.15) is 0 Å². The van der Waals surface area contributed by atoms with Gasteiger partial charge in [-0.3, -0.25) is 9.59 Å². The lowest BCUT2D eigenvalue weighted by Gasteiger charge is -2.30. The standard InChI is InChI=1S/C28H33N3O4/c1-34-25-10-8-19-16-24-22(21-6-2-3-7-23(21)30-24)12-14-31(13-4-5-15-35-26(25)17-19)28(33)20-9-11-27(32)29-18-20/h2-3,6-8,10,17,20,30H,4-5,9,11-16,18H2,1H3,(H,29,32). The molecular formula is C28H33N3O4. The average molecular weight is 476 g/mol. The highest BCUT2D eigenvalue weighted by atomic mass is 16.5. The molecule has 0 aliphatic carbocycles. The van der Waals surface area contributed by atoms with Gasteiger partial charge in [0.25, 0.3) is 0 Å². The van der Waals surface area contributed by atoms with Gasteiger partial charge < -0.3 is 24.7 Å². The number of nitrogens with zero attached hydrogens (tertiary/aromatic N) is 1. The van der Waals surface area contributed by atoms with Crippen LogP contribution in [0.4, 0.5) is 0 Å². The second-order valence-corrected chi connectivity index (χ2v) is 9.46. The Bertz CT molecular complexity index is 1210. The van der Waals surface area contributed by atoms with Gasteiger partial charge in [0, 0.05) is 49.1 Å². The summed E-state index contributed by atoms with van der Waals surface area (Å²) in [6, 6.07) is 14.5. The number of aromatic amines is 1. The second kappa shape index (κ2) is 10.4. The summed E-state index contributed by atoms with van der Waals surface area (Å²) >= 11 is 0. The first-order chi connectivity index (χ1) is 17.1. The molecule has 7 nitrogen and oxygen atoms in total. The van der Waals surface area contributed by atoms with Crippen molar-refractivity contribution in [1.82, 2.24) is 15.2 Å². The summed E-state index contributed by atoms with van der Waals surface area (Å²) in [7, 11) is 1.66. The first-order valence-corrected chi connectivity index (χ1v) is 12.6. The molecule has 2 aliphatic heterocycles. The van der Waals surface area contributed by atoms with E-state index in [0.717, 1.165) is 54.0 Å². The van der Waals surface area contributed by atoms with E-state index in [1.54, 1.807) is 7.11 Å². The quantitative estimate of drug-likeness (QED) is 0.590. The third-order valence-corrected chi connectivity index (χ3v) is 7.15. The summed E-state index contributed by atoms with van der Waals surface area (Å²) in [5.41, 5.74) is 4.68. The van der Waals surface area contributed by atoms with Crippen LogP contribution in [0.5, 0.6) is 11.5 Å². The van der Waals surface area contributed by atoms with E-state index in [2.05, 4.69) is 40.6 Å². The number of H-pyrrole nitrogens is 1. The van der Waals surface area contributed by atoms with Crippen molar-refractivity contribution in [3.63, 3.8) is 0 Å². The minimum absolute atomic E-state index is 0.0364. The molecule has 2 N–H and O–H groups in total. The molecule has 2 bridgehead atoms. The molecule has 2 aliphatic rings. The van der Waals surface area contributed by atoms with E-state index < -0.39 is 0 Å². The number of para-hydroxylation sites is 1. The second-order valence-electron chi connectivity index (χ2n) is 9.46. The lowest BCUT2D eigenvalue weighted by molar-refractivity contribution is -0.137. The molecule has 3 aromatic rings. The van der Waals surface area contributed by atoms with Crippen molar-refractivity contribution < 1.29 is 19.1 Å². The Morgan fingerprint density at radius 3 is 2.83 bits per heavy atom. The maximum atomic E-state index is 13.4. The molecule has 1 unspecified atom stereocenters. The Labute approximate surface area is 205 Å². The van der Waals surface area contributed by atoms with Crippen LogP contribution in [0.3, 0.4) is 0 Å². The molecule has 1 saturated heterocycles. The van der Waals surface area contributed by atoms with E-state index >= 15 is 0 Å². The third kappa shape index (κ3) is 5.14. The largest absolute Gasteiger partial charge is 0.493 e. The summed E-state index contributed by atoms with van der Waals surface area (Å²) in [6.45, 7) is 2.34. The first-order valence-electron chi connectivity index (χ1n) is 12.6. The van der Waals surface area contributed by atoms with Crippen LogP contribution in [-0.4, -0.2) is 55.0 Å². The molecule has 5 rings (SSSR count). The number of aromatic nitrogens is 1. The zero-order chi connectivity index (χ0) is 24.2. The maximum Gasteiger partial charge on any atom is 0.227 e. The molecule has 0 saturated carbocycles. The van der Waals surface area contributed by atoms with Gasteiger partial charge in [-0.1, -0.05) is 24.3 Å². The average Bonchev–Trinajstić information content (AvgIpc) is 3.22. The number of amides is 2. The summed E-state index contributed by atoms with van der Waals surface area (Å²) in [4.78, 5) is 30.7. The fourth-order valence-electron chi connectivity index (χ4n) is 5.21. The molecule has 35 heavy (non-hydrogen) atoms. The smallest absolute Gasteiger partial charge is 0.227 e. The molecule has 0 radical (unpaired) electrons. The lowest BCUT2D eigenvalue weighted by atomic mass is 9.96. The predicted molar refractivity (Wildman–Crippen MR) is 135 cm³/mol. The Kier molecular flexibility index (Phi) is 6.93. The number of methoxy groups -OCH3 is 1. The van der Waals surface area contributed by atoms with E-state index in [1.807, 2.05) is 17.0 Å². The predicted octanol–water partition coefficient (Wildman–Crippen LogP) is 3.84. The van der Waals surface area contributed by atoms with Crippen LogP contribution in [0.25, 0.3) is 10.9 Å². The molecule has 0 spiro atoms. The Morgan fingerprint density at radius 1 is 1.11 bits per heavy atom. The van der Waals surface area contributed by atoms with Crippen LogP contribution in [0, 0.1) is 5.92 Å². The Balaban J connectivity index is 1.46. The van der Waals surface area contributed by atoms with Gasteiger partial charge in [0.2, 0.25) is 11.8 Å². The monoisotopic (exact) mass is 475 g/mol. The fourth-order valence-corrected chi connectivity index (χ4v) is 5.21. The molecular weight excluding hydrogens is 442 g/mol. The van der Waals surface area contributed by atoms with E-state index in [4.69, 9.17) is 9.47 Å². The molecule has 7 heteroatoms. The highest BCUT2D eigenvalue weighted by Crippen LogP contribution is 2.31. The number of fused-ring (bicyclic) bond motifs is 5. The van der Waals surface area contributed by atoms with Crippen molar-refractivity contribution in [2.24, 2.45) is 5.92 Å². The van der Waals surface area contributed by atoms with Crippen molar-refractivity contribution in [1.29, 1.82) is 0 Å². The van der Waals surface area contributed by atoms with Crippen LogP contribution in [0.2, 0.25) is 0 Å². The Hall–Kier alpha value is -3.48. The number of carbonyl (C=O) groups excluding carboxylic acids is 2. The van der Waals surface area contributed by atoms with Crippen molar-refractivity contribution in [3.05, 3.63) is 59.3 Å². The molecule has 1 aromatic heterocycles. The van der Waals surface area contributed by atoms with Crippen molar-refractivity contribution in [3.8, 4) is 11.5 Å². The van der Waals surface area contributed by atoms with Crippen LogP contribution in [-0.2, 0) is 22.4 Å². The zero-order valence-corrected chi connectivity index (χ0v) is 20.3. The normalized spacial score (nSPS) is 19.3. The molecule has 1 atom stereocenters. The van der Waals surface area contributed by atoms with Gasteiger partial charge in [-0.25, -0.2) is 0 Å². The number of rotatable bonds is 2. The molecule has 184 valence electrons. The van der Waals surface area contributed by atoms with Gasteiger partial charge in [0.15, 0.2) is 11.5 Å². The minimum atomic E-state index is -0.144. The highest BCUT2D eigenvalue weighted by molar-refractivity contribution is 5.85. The van der Waals surface area contributed by atoms with Crippen LogP contribution < -0.4 is 14.8 Å². The SMILES string of the molecule is COc1ccc2cc1OCCCCN(C(=O)C1CCC(=O)NC1)CCc1c([nH]c3ccccc13)C2. The van der Waals surface area contributed by atoms with Crippen molar-refractivity contribution in [2.75, 3.05) is 33.4 Å². The van der Waals surface area contributed by atoms with Gasteiger partial charge in [-0.2, -0.15) is 0 Å². The fraction of sp³-hybridized carbons (Fsp3) is 0.429. The van der Waals surface area contributed by atoms with E-state index in [0.29, 0.717) is 39.1 Å². The summed E-state index contributed by atoms with van der Waals surface area (Å²) < 4.78 is 11.6. The molecule has 3 heterocycles. The summed E-state index contributed by atoms with van der Waals surface area (Å²) in [6.07, 6.45) is 4.27. The van der Waals surface area contributed by atoms with E-state index in [-0.39, 0.29) is 17.7 Å². The molecule has 2 amide bonds. The Morgan fingerprint density at radius 2 is 2.00 bits per heavy atom. The summed E-state index contributed by atoms with van der Waals surface area (Å²) in [5, 5.41) is 4.07. The zero-order valence-electron chi connectivity index (χ0n) is 20.3. The number of benzene rings is 2. The van der Waals surface area contributed by atoms with Gasteiger partial charge >= 0.3 is 0 Å². The van der Waals surface area contributed by atoms with Crippen LogP contribution in [0.1, 0.15) is 42.5 Å². The topological polar surface area (TPSA) is 83.7 Å².